The van der Waals surface area contributed by atoms with Crippen LogP contribution in [-0.2, 0) is 19.4 Å². The summed E-state index contributed by atoms with van der Waals surface area (Å²) in [5, 5.41) is 4.61. The normalized spacial score (nSPS) is 16.8. The molecule has 0 radical (unpaired) electrons. The Kier molecular flexibility index (Phi) is 7.61. The number of rotatable bonds is 8. The summed E-state index contributed by atoms with van der Waals surface area (Å²) >= 11 is 6.43. The topological polar surface area (TPSA) is 109 Å². The van der Waals surface area contributed by atoms with Crippen molar-refractivity contribution < 1.29 is 27.5 Å². The van der Waals surface area contributed by atoms with E-state index < -0.39 is 22.4 Å². The first-order chi connectivity index (χ1) is 17.5. The molecule has 0 saturated carbocycles. The smallest absolute Gasteiger partial charge is 0.331 e. The van der Waals surface area contributed by atoms with Crippen molar-refractivity contribution >= 4 is 39.3 Å². The first-order valence-corrected chi connectivity index (χ1v) is 13.9. The highest BCUT2D eigenvalue weighted by atomic mass is 35.5. The van der Waals surface area contributed by atoms with E-state index in [9.17, 15) is 18.0 Å². The molecule has 1 atom stereocenters. The van der Waals surface area contributed by atoms with E-state index in [2.05, 4.69) is 5.10 Å². The molecular weight excluding hydrogens is 518 g/mol. The summed E-state index contributed by atoms with van der Waals surface area (Å²) in [6.45, 7) is 5.04. The number of carbonyl (C=O) groups is 2. The van der Waals surface area contributed by atoms with Crippen LogP contribution in [0, 0.1) is 20.8 Å². The third kappa shape index (κ3) is 5.65. The maximum atomic E-state index is 12.8. The molecule has 0 bridgehead atoms. The van der Waals surface area contributed by atoms with Crippen LogP contribution < -0.4 is 4.74 Å². The van der Waals surface area contributed by atoms with Crippen molar-refractivity contribution in [3.05, 3.63) is 69.8 Å². The van der Waals surface area contributed by atoms with Crippen molar-refractivity contribution in [2.75, 3.05) is 25.2 Å². The Labute approximate surface area is 220 Å². The Balaban J connectivity index is 1.41. The summed E-state index contributed by atoms with van der Waals surface area (Å²) in [5.41, 5.74) is 4.02. The molecule has 196 valence electrons. The minimum Gasteiger partial charge on any atom is -0.497 e. The van der Waals surface area contributed by atoms with Gasteiger partial charge in [-0.25, -0.2) is 17.9 Å². The van der Waals surface area contributed by atoms with Crippen molar-refractivity contribution in [3.63, 3.8) is 0 Å². The number of esters is 1. The average molecular weight is 546 g/mol. The number of methoxy groups -OCH3 is 1. The predicted molar refractivity (Wildman–Crippen MR) is 140 cm³/mol. The van der Waals surface area contributed by atoms with Gasteiger partial charge in [-0.3, -0.25) is 4.79 Å². The van der Waals surface area contributed by atoms with Crippen molar-refractivity contribution in [2.24, 2.45) is 0 Å². The Morgan fingerprint density at radius 1 is 1.19 bits per heavy atom. The van der Waals surface area contributed by atoms with Gasteiger partial charge >= 0.3 is 5.97 Å². The Morgan fingerprint density at radius 2 is 1.89 bits per heavy atom. The fourth-order valence-corrected chi connectivity index (χ4v) is 6.59. The zero-order valence-electron chi connectivity index (χ0n) is 21.0. The Morgan fingerprint density at radius 3 is 2.51 bits per heavy atom. The lowest BCUT2D eigenvalue weighted by Crippen LogP contribution is -2.13. The standard InChI is InChI=1S/C26H28ClN3O6S/c1-16-13-23(18(3)29(16)19-5-7-21(35-4)8-6-19)24(31)14-36-25(32)10-9-22-17(2)28-30(26(22)27)20-11-12-37(33,34)15-20/h5-10,13,20H,11-12,14-15H2,1-4H3/b10-9+/t20-/m0/s1. The summed E-state index contributed by atoms with van der Waals surface area (Å²) in [4.78, 5) is 25.2. The van der Waals surface area contributed by atoms with Crippen molar-refractivity contribution in [3.8, 4) is 11.4 Å². The van der Waals surface area contributed by atoms with Gasteiger partial charge in [-0.2, -0.15) is 5.10 Å². The summed E-state index contributed by atoms with van der Waals surface area (Å²) in [7, 11) is -1.50. The minimum absolute atomic E-state index is 0.0137. The minimum atomic E-state index is -3.10. The molecule has 1 aliphatic rings. The fourth-order valence-electron chi connectivity index (χ4n) is 4.52. The van der Waals surface area contributed by atoms with Gasteiger partial charge in [0, 0.05) is 34.3 Å². The van der Waals surface area contributed by atoms with Crippen LogP contribution in [0.4, 0.5) is 0 Å². The molecular formula is C26H28ClN3O6S. The molecule has 3 aromatic rings. The second kappa shape index (κ2) is 10.5. The van der Waals surface area contributed by atoms with Gasteiger partial charge in [0.1, 0.15) is 10.9 Å². The number of hydrogen-bond acceptors (Lipinski definition) is 7. The summed E-state index contributed by atoms with van der Waals surface area (Å²) in [5.74, 6) is -0.206. The number of ether oxygens (including phenoxy) is 2. The summed E-state index contributed by atoms with van der Waals surface area (Å²) < 4.78 is 37.4. The van der Waals surface area contributed by atoms with Gasteiger partial charge in [-0.1, -0.05) is 11.6 Å². The van der Waals surface area contributed by atoms with Crippen molar-refractivity contribution in [1.29, 1.82) is 0 Å². The van der Waals surface area contributed by atoms with Gasteiger partial charge in [-0.15, -0.1) is 0 Å². The SMILES string of the molecule is COc1ccc(-n2c(C)cc(C(=O)COC(=O)/C=C/c3c(C)nn([C@H]4CCS(=O)(=O)C4)c3Cl)c2C)cc1. The lowest BCUT2D eigenvalue weighted by atomic mass is 10.1. The fraction of sp³-hybridized carbons (Fsp3) is 0.346. The lowest BCUT2D eigenvalue weighted by Gasteiger charge is -2.10. The predicted octanol–water partition coefficient (Wildman–Crippen LogP) is 4.06. The molecule has 9 nitrogen and oxygen atoms in total. The number of aromatic nitrogens is 3. The van der Waals surface area contributed by atoms with E-state index in [0.29, 0.717) is 23.2 Å². The van der Waals surface area contributed by atoms with Crippen LogP contribution in [0.15, 0.2) is 36.4 Å². The lowest BCUT2D eigenvalue weighted by molar-refractivity contribution is -0.136. The first kappa shape index (κ1) is 26.7. The summed E-state index contributed by atoms with van der Waals surface area (Å²) in [6, 6.07) is 8.93. The highest BCUT2D eigenvalue weighted by molar-refractivity contribution is 7.91. The number of carbonyl (C=O) groups excluding carboxylic acids is 2. The number of Topliss-reactive ketones (excluding diaryl/α,β-unsaturated/α-hetero) is 1. The van der Waals surface area contributed by atoms with Gasteiger partial charge in [-0.05, 0) is 63.6 Å². The zero-order valence-corrected chi connectivity index (χ0v) is 22.6. The molecule has 37 heavy (non-hydrogen) atoms. The first-order valence-electron chi connectivity index (χ1n) is 11.7. The van der Waals surface area contributed by atoms with E-state index in [0.717, 1.165) is 22.8 Å². The van der Waals surface area contributed by atoms with Crippen LogP contribution in [0.25, 0.3) is 11.8 Å². The number of nitrogens with zero attached hydrogens (tertiary/aromatic N) is 3. The number of hydrogen-bond donors (Lipinski definition) is 0. The van der Waals surface area contributed by atoms with Gasteiger partial charge in [0.2, 0.25) is 5.78 Å². The molecule has 3 heterocycles. The summed E-state index contributed by atoms with van der Waals surface area (Å²) in [6.07, 6.45) is 3.09. The number of aryl methyl sites for hydroxylation is 2. The molecule has 1 aliphatic heterocycles. The van der Waals surface area contributed by atoms with Crippen LogP contribution in [-0.4, -0.2) is 59.7 Å². The molecule has 0 spiro atoms. The molecule has 1 saturated heterocycles. The monoisotopic (exact) mass is 545 g/mol. The van der Waals surface area contributed by atoms with E-state index in [-0.39, 0.29) is 28.5 Å². The molecule has 0 N–H and O–H groups in total. The molecule has 2 aromatic heterocycles. The van der Waals surface area contributed by atoms with Gasteiger partial charge in [0.15, 0.2) is 16.4 Å². The van der Waals surface area contributed by atoms with Crippen LogP contribution in [0.5, 0.6) is 5.75 Å². The maximum absolute atomic E-state index is 12.8. The quantitative estimate of drug-likeness (QED) is 0.238. The largest absolute Gasteiger partial charge is 0.497 e. The highest BCUT2D eigenvalue weighted by Gasteiger charge is 2.31. The maximum Gasteiger partial charge on any atom is 0.331 e. The number of ketones is 1. The Hall–Kier alpha value is -3.37. The van der Waals surface area contributed by atoms with Crippen molar-refractivity contribution in [1.82, 2.24) is 14.3 Å². The molecule has 11 heteroatoms. The molecule has 0 unspecified atom stereocenters. The van der Waals surface area contributed by atoms with E-state index in [1.165, 1.54) is 16.8 Å². The molecule has 1 fully saturated rings. The third-order valence-electron chi connectivity index (χ3n) is 6.42. The highest BCUT2D eigenvalue weighted by Crippen LogP contribution is 2.30. The van der Waals surface area contributed by atoms with E-state index in [4.69, 9.17) is 21.1 Å². The van der Waals surface area contributed by atoms with Gasteiger partial charge in [0.25, 0.3) is 0 Å². The van der Waals surface area contributed by atoms with Crippen LogP contribution in [0.3, 0.4) is 0 Å². The van der Waals surface area contributed by atoms with Crippen LogP contribution in [0.1, 0.15) is 45.5 Å². The molecule has 1 aromatic carbocycles. The zero-order chi connectivity index (χ0) is 26.9. The second-order valence-corrected chi connectivity index (χ2v) is 11.6. The van der Waals surface area contributed by atoms with Gasteiger partial charge in [0.05, 0.1) is 30.4 Å². The number of halogens is 1. The van der Waals surface area contributed by atoms with E-state index in [1.54, 1.807) is 20.1 Å². The average Bonchev–Trinajstić information content (AvgIpc) is 3.47. The second-order valence-electron chi connectivity index (χ2n) is 8.97. The third-order valence-corrected chi connectivity index (χ3v) is 8.55. The molecule has 4 rings (SSSR count). The number of benzene rings is 1. The molecule has 0 amide bonds. The van der Waals surface area contributed by atoms with Crippen molar-refractivity contribution in [2.45, 2.75) is 33.2 Å². The van der Waals surface area contributed by atoms with Crippen LogP contribution in [0.2, 0.25) is 5.15 Å². The van der Waals surface area contributed by atoms with E-state index >= 15 is 0 Å². The van der Waals surface area contributed by atoms with E-state index in [1.807, 2.05) is 42.7 Å². The van der Waals surface area contributed by atoms with Crippen LogP contribution >= 0.6 is 11.6 Å². The Bertz CT molecular complexity index is 1490. The molecule has 0 aliphatic carbocycles. The van der Waals surface area contributed by atoms with Gasteiger partial charge < -0.3 is 14.0 Å². The number of sulfone groups is 1.